The third-order valence-corrected chi connectivity index (χ3v) is 8.13. The third-order valence-electron chi connectivity index (χ3n) is 8.13. The van der Waals surface area contributed by atoms with Gasteiger partial charge >= 0.3 is 0 Å². The molecular formula is C28H28N6O4. The molecule has 1 spiro atoms. The first-order chi connectivity index (χ1) is 18.6. The van der Waals surface area contributed by atoms with Gasteiger partial charge in [-0.3, -0.25) is 9.89 Å². The van der Waals surface area contributed by atoms with E-state index in [4.69, 9.17) is 19.2 Å². The maximum absolute atomic E-state index is 13.1. The Morgan fingerprint density at radius 1 is 1.08 bits per heavy atom. The zero-order valence-electron chi connectivity index (χ0n) is 21.2. The van der Waals surface area contributed by atoms with Gasteiger partial charge in [0.15, 0.2) is 17.4 Å². The van der Waals surface area contributed by atoms with Crippen LogP contribution in [0.25, 0.3) is 10.9 Å². The van der Waals surface area contributed by atoms with Gasteiger partial charge in [-0.15, -0.1) is 0 Å². The molecule has 2 atom stereocenters. The average molecular weight is 513 g/mol. The standard InChI is InChI=1S/C28H28N6O4/c1-36-17-4-6-21-19(12-17)28(27(35)30-21)13-20(28)16-3-5-18-22(11-16)33-34-25(18)32-26-23(37-2)14-29-24(31-26)15-7-9-38-10-8-15/h3-6,11-12,14-15,20H,7-10,13H2,1-2H3,(H,30,35)(H2,29,31,32,33,34)/t20-,28-/m0/s1. The number of carbonyl (C=O) groups is 1. The molecule has 0 radical (unpaired) electrons. The maximum Gasteiger partial charge on any atom is 0.235 e. The van der Waals surface area contributed by atoms with Crippen LogP contribution in [0.3, 0.4) is 0 Å². The molecule has 194 valence electrons. The summed E-state index contributed by atoms with van der Waals surface area (Å²) in [6, 6.07) is 12.0. The number of carbonyl (C=O) groups excluding carboxylic acids is 1. The summed E-state index contributed by atoms with van der Waals surface area (Å²) in [6.07, 6.45) is 4.27. The Kier molecular flexibility index (Phi) is 5.26. The minimum Gasteiger partial charge on any atom is -0.497 e. The van der Waals surface area contributed by atoms with Gasteiger partial charge in [-0.25, -0.2) is 9.97 Å². The summed E-state index contributed by atoms with van der Waals surface area (Å²) in [7, 11) is 3.24. The van der Waals surface area contributed by atoms with Crippen LogP contribution in [0.5, 0.6) is 11.5 Å². The van der Waals surface area contributed by atoms with E-state index in [0.29, 0.717) is 17.4 Å². The van der Waals surface area contributed by atoms with Gasteiger partial charge in [0.25, 0.3) is 0 Å². The van der Waals surface area contributed by atoms with Crippen molar-refractivity contribution in [2.24, 2.45) is 0 Å². The molecule has 7 rings (SSSR count). The number of aromatic nitrogens is 4. The number of benzene rings is 2. The van der Waals surface area contributed by atoms with E-state index in [1.165, 1.54) is 0 Å². The Hall–Kier alpha value is -4.18. The highest BCUT2D eigenvalue weighted by molar-refractivity contribution is 6.10. The second-order valence-electron chi connectivity index (χ2n) is 10.1. The first-order valence-electron chi connectivity index (χ1n) is 12.8. The Morgan fingerprint density at radius 2 is 1.95 bits per heavy atom. The van der Waals surface area contributed by atoms with Gasteiger partial charge in [-0.05, 0) is 60.7 Å². The molecule has 1 saturated carbocycles. The lowest BCUT2D eigenvalue weighted by atomic mass is 9.91. The largest absolute Gasteiger partial charge is 0.497 e. The van der Waals surface area contributed by atoms with Crippen LogP contribution in [0.4, 0.5) is 17.3 Å². The smallest absolute Gasteiger partial charge is 0.235 e. The molecule has 1 amide bonds. The third kappa shape index (κ3) is 3.51. The van der Waals surface area contributed by atoms with E-state index >= 15 is 0 Å². The van der Waals surface area contributed by atoms with Crippen molar-refractivity contribution in [2.75, 3.05) is 38.1 Å². The molecule has 2 aromatic heterocycles. The normalized spacial score (nSPS) is 22.4. The molecule has 3 aliphatic rings. The highest BCUT2D eigenvalue weighted by atomic mass is 16.5. The van der Waals surface area contributed by atoms with Gasteiger partial charge in [0.1, 0.15) is 11.6 Å². The molecule has 1 saturated heterocycles. The van der Waals surface area contributed by atoms with Crippen molar-refractivity contribution in [2.45, 2.75) is 36.5 Å². The molecule has 4 aromatic rings. The lowest BCUT2D eigenvalue weighted by molar-refractivity contribution is -0.118. The Morgan fingerprint density at radius 3 is 2.76 bits per heavy atom. The molecule has 1 aliphatic carbocycles. The lowest BCUT2D eigenvalue weighted by Crippen LogP contribution is -2.21. The van der Waals surface area contributed by atoms with Gasteiger partial charge in [0, 0.05) is 36.1 Å². The number of ether oxygens (including phenoxy) is 3. The average Bonchev–Trinajstić information content (AvgIpc) is 3.51. The van der Waals surface area contributed by atoms with Crippen molar-refractivity contribution in [3.8, 4) is 11.5 Å². The summed E-state index contributed by atoms with van der Waals surface area (Å²) in [5.41, 5.74) is 3.31. The fraction of sp³-hybridized carbons (Fsp3) is 0.357. The number of nitrogens with one attached hydrogen (secondary N) is 3. The molecule has 4 heterocycles. The molecule has 2 fully saturated rings. The van der Waals surface area contributed by atoms with Crippen LogP contribution >= 0.6 is 0 Å². The van der Waals surface area contributed by atoms with Crippen molar-refractivity contribution in [3.63, 3.8) is 0 Å². The second-order valence-corrected chi connectivity index (χ2v) is 10.1. The fourth-order valence-electron chi connectivity index (χ4n) is 5.94. The predicted molar refractivity (Wildman–Crippen MR) is 141 cm³/mol. The van der Waals surface area contributed by atoms with E-state index in [0.717, 1.165) is 71.8 Å². The SMILES string of the molecule is COc1ccc2c(c1)[C@]1(C[C@H]1c1ccc3c(Nc4nc(C5CCOCC5)ncc4OC)n[nH]c3c1)C(=O)N2. The van der Waals surface area contributed by atoms with Crippen molar-refractivity contribution in [1.29, 1.82) is 0 Å². The Balaban J connectivity index is 1.17. The molecule has 10 heteroatoms. The molecule has 0 unspecified atom stereocenters. The quantitative estimate of drug-likeness (QED) is 0.348. The van der Waals surface area contributed by atoms with Crippen LogP contribution in [-0.4, -0.2) is 53.5 Å². The van der Waals surface area contributed by atoms with Gasteiger partial charge in [0.05, 0.1) is 31.3 Å². The number of nitrogens with zero attached hydrogens (tertiary/aromatic N) is 3. The van der Waals surface area contributed by atoms with Crippen LogP contribution in [0.2, 0.25) is 0 Å². The second kappa shape index (κ2) is 8.70. The lowest BCUT2D eigenvalue weighted by Gasteiger charge is -2.21. The number of methoxy groups -OCH3 is 2. The number of anilines is 3. The van der Waals surface area contributed by atoms with Gasteiger partial charge in [0.2, 0.25) is 5.91 Å². The summed E-state index contributed by atoms with van der Waals surface area (Å²) >= 11 is 0. The van der Waals surface area contributed by atoms with Gasteiger partial charge in [-0.1, -0.05) is 6.07 Å². The zero-order chi connectivity index (χ0) is 25.9. The monoisotopic (exact) mass is 512 g/mol. The van der Waals surface area contributed by atoms with E-state index in [9.17, 15) is 4.79 Å². The van der Waals surface area contributed by atoms with Crippen LogP contribution in [0.15, 0.2) is 42.6 Å². The highest BCUT2D eigenvalue weighted by Crippen LogP contribution is 2.65. The fourth-order valence-corrected chi connectivity index (χ4v) is 5.94. The van der Waals surface area contributed by atoms with Crippen molar-refractivity contribution < 1.29 is 19.0 Å². The number of H-pyrrole nitrogens is 1. The van der Waals surface area contributed by atoms with Crippen molar-refractivity contribution in [1.82, 2.24) is 20.2 Å². The number of rotatable bonds is 6. The molecule has 2 aromatic carbocycles. The maximum atomic E-state index is 13.1. The molecule has 3 N–H and O–H groups in total. The summed E-state index contributed by atoms with van der Waals surface area (Å²) in [6.45, 7) is 1.44. The van der Waals surface area contributed by atoms with Crippen LogP contribution in [-0.2, 0) is 14.9 Å². The molecular weight excluding hydrogens is 484 g/mol. The first kappa shape index (κ1) is 23.0. The van der Waals surface area contributed by atoms with Gasteiger partial charge < -0.3 is 24.8 Å². The minimum absolute atomic E-state index is 0.0500. The van der Waals surface area contributed by atoms with E-state index < -0.39 is 5.41 Å². The van der Waals surface area contributed by atoms with Crippen LogP contribution < -0.4 is 20.1 Å². The first-order valence-corrected chi connectivity index (χ1v) is 12.8. The molecule has 10 nitrogen and oxygen atoms in total. The van der Waals surface area contributed by atoms with E-state index in [1.54, 1.807) is 20.4 Å². The Labute approximate surface area is 219 Å². The van der Waals surface area contributed by atoms with E-state index in [-0.39, 0.29) is 17.7 Å². The molecule has 38 heavy (non-hydrogen) atoms. The summed E-state index contributed by atoms with van der Waals surface area (Å²) < 4.78 is 16.4. The highest BCUT2D eigenvalue weighted by Gasteiger charge is 2.65. The number of fused-ring (bicyclic) bond motifs is 3. The zero-order valence-corrected chi connectivity index (χ0v) is 21.2. The van der Waals surface area contributed by atoms with Crippen molar-refractivity contribution in [3.05, 3.63) is 59.5 Å². The van der Waals surface area contributed by atoms with Crippen LogP contribution in [0, 0.1) is 0 Å². The summed E-state index contributed by atoms with van der Waals surface area (Å²) in [5, 5.41) is 15.0. The predicted octanol–water partition coefficient (Wildman–Crippen LogP) is 4.39. The topological polar surface area (TPSA) is 123 Å². The van der Waals surface area contributed by atoms with Gasteiger partial charge in [-0.2, -0.15) is 5.10 Å². The minimum atomic E-state index is -0.548. The summed E-state index contributed by atoms with van der Waals surface area (Å²) in [4.78, 5) is 22.4. The number of hydrogen-bond acceptors (Lipinski definition) is 8. The summed E-state index contributed by atoms with van der Waals surface area (Å²) in [5.74, 6) is 3.72. The number of amides is 1. The van der Waals surface area contributed by atoms with E-state index in [1.807, 2.05) is 24.3 Å². The molecule has 2 aliphatic heterocycles. The van der Waals surface area contributed by atoms with E-state index in [2.05, 4.69) is 37.9 Å². The van der Waals surface area contributed by atoms with Crippen molar-refractivity contribution >= 4 is 34.1 Å². The Bertz CT molecular complexity index is 1560. The number of hydrogen-bond donors (Lipinski definition) is 3. The van der Waals surface area contributed by atoms with Crippen LogP contribution in [0.1, 0.15) is 48.0 Å². The molecule has 0 bridgehead atoms. The number of aromatic amines is 1.